The van der Waals surface area contributed by atoms with Gasteiger partial charge < -0.3 is 9.84 Å². The van der Waals surface area contributed by atoms with Crippen molar-refractivity contribution in [2.75, 3.05) is 7.11 Å². The zero-order chi connectivity index (χ0) is 13.6. The molecule has 2 nitrogen and oxygen atoms in total. The van der Waals surface area contributed by atoms with Gasteiger partial charge in [0.25, 0.3) is 0 Å². The highest BCUT2D eigenvalue weighted by molar-refractivity contribution is 5.49. The molecular weight excluding hydrogens is 224 g/mol. The Morgan fingerprint density at radius 3 is 2.33 bits per heavy atom. The van der Waals surface area contributed by atoms with Crippen molar-refractivity contribution in [3.05, 3.63) is 23.3 Å². The van der Waals surface area contributed by atoms with E-state index in [1.165, 1.54) is 12.8 Å². The highest BCUT2D eigenvalue weighted by Gasteiger charge is 2.47. The van der Waals surface area contributed by atoms with Crippen LogP contribution in [0.5, 0.6) is 11.5 Å². The Hall–Kier alpha value is -1.18. The number of rotatable bonds is 2. The van der Waals surface area contributed by atoms with E-state index < -0.39 is 0 Å². The van der Waals surface area contributed by atoms with Crippen LogP contribution in [0.25, 0.3) is 0 Å². The topological polar surface area (TPSA) is 29.5 Å². The summed E-state index contributed by atoms with van der Waals surface area (Å²) in [4.78, 5) is 0. The molecule has 1 aromatic rings. The molecule has 0 amide bonds. The van der Waals surface area contributed by atoms with Gasteiger partial charge in [-0.25, -0.2) is 0 Å². The largest absolute Gasteiger partial charge is 0.508 e. The third kappa shape index (κ3) is 1.79. The number of methoxy groups -OCH3 is 1. The van der Waals surface area contributed by atoms with Crippen molar-refractivity contribution in [2.45, 2.75) is 52.4 Å². The second kappa shape index (κ2) is 4.18. The first-order valence-corrected chi connectivity index (χ1v) is 6.70. The van der Waals surface area contributed by atoms with E-state index in [-0.39, 0.29) is 10.8 Å². The van der Waals surface area contributed by atoms with Crippen molar-refractivity contribution >= 4 is 0 Å². The molecule has 2 rings (SSSR count). The van der Waals surface area contributed by atoms with Crippen LogP contribution < -0.4 is 4.74 Å². The Labute approximate surface area is 110 Å². The molecular formula is C16H24O2. The van der Waals surface area contributed by atoms with Gasteiger partial charge in [-0.2, -0.15) is 0 Å². The highest BCUT2D eigenvalue weighted by Crippen LogP contribution is 2.56. The lowest BCUT2D eigenvalue weighted by Crippen LogP contribution is -2.34. The number of ether oxygens (including phenoxy) is 1. The fourth-order valence-corrected chi connectivity index (χ4v) is 3.33. The fourth-order valence-electron chi connectivity index (χ4n) is 3.33. The van der Waals surface area contributed by atoms with Crippen LogP contribution >= 0.6 is 0 Å². The SMILES string of the molecule is COc1cc(C2(C)CCCC2(C)C)c(O)cc1C. The Morgan fingerprint density at radius 1 is 1.17 bits per heavy atom. The van der Waals surface area contributed by atoms with Crippen LogP contribution in [-0.2, 0) is 5.41 Å². The third-order valence-electron chi connectivity index (χ3n) is 5.08. The average Bonchev–Trinajstić information content (AvgIpc) is 2.54. The van der Waals surface area contributed by atoms with E-state index >= 15 is 0 Å². The molecule has 0 aliphatic heterocycles. The monoisotopic (exact) mass is 248 g/mol. The number of phenols is 1. The lowest BCUT2D eigenvalue weighted by Gasteiger charge is -2.39. The summed E-state index contributed by atoms with van der Waals surface area (Å²) < 4.78 is 5.40. The maximum Gasteiger partial charge on any atom is 0.122 e. The molecule has 1 aliphatic carbocycles. The van der Waals surface area contributed by atoms with Crippen LogP contribution in [0.3, 0.4) is 0 Å². The number of aromatic hydroxyl groups is 1. The second-order valence-corrected chi connectivity index (χ2v) is 6.41. The summed E-state index contributed by atoms with van der Waals surface area (Å²) in [6.07, 6.45) is 3.55. The predicted octanol–water partition coefficient (Wildman–Crippen LogP) is 4.18. The number of aryl methyl sites for hydroxylation is 1. The number of hydrogen-bond acceptors (Lipinski definition) is 2. The Morgan fingerprint density at radius 2 is 1.83 bits per heavy atom. The van der Waals surface area contributed by atoms with E-state index in [9.17, 15) is 5.11 Å². The van der Waals surface area contributed by atoms with Crippen LogP contribution in [0, 0.1) is 12.3 Å². The molecule has 100 valence electrons. The minimum Gasteiger partial charge on any atom is -0.508 e. The normalized spacial score (nSPS) is 26.3. The Kier molecular flexibility index (Phi) is 3.08. The van der Waals surface area contributed by atoms with Crippen LogP contribution in [0.2, 0.25) is 0 Å². The molecule has 1 N–H and O–H groups in total. The molecule has 2 heteroatoms. The van der Waals surface area contributed by atoms with Gasteiger partial charge in [-0.05, 0) is 42.9 Å². The van der Waals surface area contributed by atoms with Gasteiger partial charge in [-0.15, -0.1) is 0 Å². The predicted molar refractivity (Wildman–Crippen MR) is 74.4 cm³/mol. The van der Waals surface area contributed by atoms with Crippen molar-refractivity contribution in [3.63, 3.8) is 0 Å². The number of hydrogen-bond donors (Lipinski definition) is 1. The van der Waals surface area contributed by atoms with Gasteiger partial charge in [0.2, 0.25) is 0 Å². The maximum absolute atomic E-state index is 10.3. The van der Waals surface area contributed by atoms with Gasteiger partial charge in [0.1, 0.15) is 11.5 Å². The molecule has 0 bridgehead atoms. The van der Waals surface area contributed by atoms with Crippen molar-refractivity contribution < 1.29 is 9.84 Å². The van der Waals surface area contributed by atoms with Gasteiger partial charge in [0, 0.05) is 11.0 Å². The number of phenolic OH excluding ortho intramolecular Hbond substituents is 1. The molecule has 0 heterocycles. The van der Waals surface area contributed by atoms with Gasteiger partial charge in [0.15, 0.2) is 0 Å². The lowest BCUT2D eigenvalue weighted by molar-refractivity contribution is 0.218. The van der Waals surface area contributed by atoms with Crippen molar-refractivity contribution in [3.8, 4) is 11.5 Å². The van der Waals surface area contributed by atoms with E-state index in [4.69, 9.17) is 4.74 Å². The molecule has 1 atom stereocenters. The molecule has 1 aromatic carbocycles. The Balaban J connectivity index is 2.57. The summed E-state index contributed by atoms with van der Waals surface area (Å²) in [6, 6.07) is 3.85. The first-order chi connectivity index (χ1) is 8.32. The molecule has 1 fully saturated rings. The van der Waals surface area contributed by atoms with Crippen LogP contribution in [0.1, 0.15) is 51.2 Å². The summed E-state index contributed by atoms with van der Waals surface area (Å²) in [5.41, 5.74) is 2.26. The van der Waals surface area contributed by atoms with Crippen molar-refractivity contribution in [2.24, 2.45) is 5.41 Å². The molecule has 0 spiro atoms. The van der Waals surface area contributed by atoms with E-state index in [2.05, 4.69) is 20.8 Å². The molecule has 1 saturated carbocycles. The smallest absolute Gasteiger partial charge is 0.122 e. The third-order valence-corrected chi connectivity index (χ3v) is 5.08. The first-order valence-electron chi connectivity index (χ1n) is 6.70. The molecule has 0 radical (unpaired) electrons. The van der Waals surface area contributed by atoms with E-state index in [1.807, 2.05) is 19.1 Å². The zero-order valence-corrected chi connectivity index (χ0v) is 12.1. The summed E-state index contributed by atoms with van der Waals surface area (Å²) in [5.74, 6) is 1.28. The molecule has 0 saturated heterocycles. The minimum atomic E-state index is 0.0259. The van der Waals surface area contributed by atoms with Gasteiger partial charge in [-0.1, -0.05) is 27.2 Å². The molecule has 18 heavy (non-hydrogen) atoms. The fraction of sp³-hybridized carbons (Fsp3) is 0.625. The summed E-state index contributed by atoms with van der Waals surface area (Å²) in [5, 5.41) is 10.3. The summed E-state index contributed by atoms with van der Waals surface area (Å²) in [7, 11) is 1.69. The Bertz CT molecular complexity index is 462. The average molecular weight is 248 g/mol. The standard InChI is InChI=1S/C16H24O2/c1-11-9-13(17)12(10-14(11)18-5)16(4)8-6-7-15(16,2)3/h9-10,17H,6-8H2,1-5H3. The zero-order valence-electron chi connectivity index (χ0n) is 12.1. The van der Waals surface area contributed by atoms with Crippen LogP contribution in [0.4, 0.5) is 0 Å². The second-order valence-electron chi connectivity index (χ2n) is 6.41. The van der Waals surface area contributed by atoms with Gasteiger partial charge >= 0.3 is 0 Å². The summed E-state index contributed by atoms with van der Waals surface area (Å²) >= 11 is 0. The van der Waals surface area contributed by atoms with Crippen LogP contribution in [0.15, 0.2) is 12.1 Å². The van der Waals surface area contributed by atoms with E-state index in [1.54, 1.807) is 7.11 Å². The quantitative estimate of drug-likeness (QED) is 0.851. The highest BCUT2D eigenvalue weighted by atomic mass is 16.5. The van der Waals surface area contributed by atoms with Gasteiger partial charge in [0.05, 0.1) is 7.11 Å². The number of benzene rings is 1. The molecule has 1 aliphatic rings. The van der Waals surface area contributed by atoms with Crippen LogP contribution in [-0.4, -0.2) is 12.2 Å². The van der Waals surface area contributed by atoms with Crippen molar-refractivity contribution in [1.82, 2.24) is 0 Å². The van der Waals surface area contributed by atoms with E-state index in [0.29, 0.717) is 5.75 Å². The van der Waals surface area contributed by atoms with Crippen molar-refractivity contribution in [1.29, 1.82) is 0 Å². The molecule has 0 aromatic heterocycles. The maximum atomic E-state index is 10.3. The van der Waals surface area contributed by atoms with Gasteiger partial charge in [-0.3, -0.25) is 0 Å². The summed E-state index contributed by atoms with van der Waals surface area (Å²) in [6.45, 7) is 8.83. The molecule has 1 unspecified atom stereocenters. The first kappa shape index (κ1) is 13.3. The van der Waals surface area contributed by atoms with E-state index in [0.717, 1.165) is 23.3 Å². The minimum absolute atomic E-state index is 0.0259. The lowest BCUT2D eigenvalue weighted by atomic mass is 9.65.